The van der Waals surface area contributed by atoms with Gasteiger partial charge in [-0.1, -0.05) is 52.3 Å². The number of hydrogen-bond acceptors (Lipinski definition) is 2. The Hall–Kier alpha value is -1.75. The Morgan fingerprint density at radius 1 is 1.00 bits per heavy atom. The van der Waals surface area contributed by atoms with Gasteiger partial charge in [0.15, 0.2) is 6.10 Å². The second-order valence-electron chi connectivity index (χ2n) is 7.16. The van der Waals surface area contributed by atoms with E-state index in [-0.39, 0.29) is 6.10 Å². The molecule has 1 atom stereocenters. The predicted molar refractivity (Wildman–Crippen MR) is 116 cm³/mol. The number of hydrogen-bond donors (Lipinski definition) is 1. The number of rotatable bonds is 4. The number of benzene rings is 3. The van der Waals surface area contributed by atoms with Gasteiger partial charge in [-0.25, -0.2) is 0 Å². The van der Waals surface area contributed by atoms with E-state index in [0.29, 0.717) is 0 Å². The first-order chi connectivity index (χ1) is 13.1. The molecule has 0 radical (unpaired) electrons. The SMILES string of the molecule is C[NH+](C)Cc1ccccc1O[C@H]1c2ccccc2CSc2ccc(Br)cc21. The van der Waals surface area contributed by atoms with Gasteiger partial charge in [-0.2, -0.15) is 0 Å². The van der Waals surface area contributed by atoms with E-state index >= 15 is 0 Å². The molecule has 4 rings (SSSR count). The summed E-state index contributed by atoms with van der Waals surface area (Å²) in [4.78, 5) is 2.67. The van der Waals surface area contributed by atoms with Crippen molar-refractivity contribution in [3.63, 3.8) is 0 Å². The van der Waals surface area contributed by atoms with Crippen LogP contribution in [0.5, 0.6) is 5.75 Å². The number of fused-ring (bicyclic) bond motifs is 2. The van der Waals surface area contributed by atoms with Crippen molar-refractivity contribution in [2.24, 2.45) is 0 Å². The first-order valence-electron chi connectivity index (χ1n) is 9.15. The molecule has 1 heterocycles. The Balaban J connectivity index is 1.82. The average molecular weight is 441 g/mol. The van der Waals surface area contributed by atoms with E-state index in [4.69, 9.17) is 4.74 Å². The zero-order valence-electron chi connectivity index (χ0n) is 15.5. The van der Waals surface area contributed by atoms with Crippen LogP contribution in [0.4, 0.5) is 0 Å². The molecule has 0 saturated heterocycles. The Morgan fingerprint density at radius 3 is 2.63 bits per heavy atom. The predicted octanol–water partition coefficient (Wildman–Crippen LogP) is 4.87. The molecule has 0 amide bonds. The minimum atomic E-state index is -0.109. The molecule has 2 nitrogen and oxygen atoms in total. The van der Waals surface area contributed by atoms with Crippen LogP contribution in [0, 0.1) is 0 Å². The Labute approximate surface area is 173 Å². The van der Waals surface area contributed by atoms with Crippen molar-refractivity contribution in [2.45, 2.75) is 23.3 Å². The van der Waals surface area contributed by atoms with E-state index in [0.717, 1.165) is 22.5 Å². The molecule has 138 valence electrons. The lowest BCUT2D eigenvalue weighted by molar-refractivity contribution is -0.872. The number of halogens is 1. The molecule has 0 unspecified atom stereocenters. The Kier molecular flexibility index (Phi) is 5.58. The molecule has 0 bridgehead atoms. The lowest BCUT2D eigenvalue weighted by Gasteiger charge is -2.23. The monoisotopic (exact) mass is 440 g/mol. The maximum atomic E-state index is 6.73. The van der Waals surface area contributed by atoms with Gasteiger partial charge in [0, 0.05) is 31.8 Å². The summed E-state index contributed by atoms with van der Waals surface area (Å²) in [6.07, 6.45) is -0.109. The highest BCUT2D eigenvalue weighted by Gasteiger charge is 2.26. The first kappa shape index (κ1) is 18.6. The van der Waals surface area contributed by atoms with Crippen LogP contribution >= 0.6 is 27.7 Å². The normalized spacial score (nSPS) is 15.8. The van der Waals surface area contributed by atoms with Crippen LogP contribution < -0.4 is 9.64 Å². The minimum Gasteiger partial charge on any atom is -0.480 e. The van der Waals surface area contributed by atoms with Crippen molar-refractivity contribution in [3.8, 4) is 5.75 Å². The van der Waals surface area contributed by atoms with Crippen LogP contribution in [-0.2, 0) is 12.3 Å². The van der Waals surface area contributed by atoms with Gasteiger partial charge in [0.05, 0.1) is 14.1 Å². The van der Waals surface area contributed by atoms with E-state index in [1.165, 1.54) is 32.0 Å². The number of para-hydroxylation sites is 1. The van der Waals surface area contributed by atoms with Crippen LogP contribution in [0.2, 0.25) is 0 Å². The summed E-state index contributed by atoms with van der Waals surface area (Å²) in [5.41, 5.74) is 5.07. The smallest absolute Gasteiger partial charge is 0.150 e. The van der Waals surface area contributed by atoms with Gasteiger partial charge in [-0.3, -0.25) is 0 Å². The molecular formula is C23H23BrNOS+. The van der Waals surface area contributed by atoms with Crippen LogP contribution in [0.3, 0.4) is 0 Å². The Bertz CT molecular complexity index is 957. The van der Waals surface area contributed by atoms with Crippen molar-refractivity contribution < 1.29 is 9.64 Å². The molecule has 1 aliphatic heterocycles. The molecule has 0 saturated carbocycles. The van der Waals surface area contributed by atoms with Crippen molar-refractivity contribution >= 4 is 27.7 Å². The third-order valence-electron chi connectivity index (χ3n) is 4.74. The second-order valence-corrected chi connectivity index (χ2v) is 9.09. The van der Waals surface area contributed by atoms with Gasteiger partial charge in [-0.05, 0) is 35.9 Å². The summed E-state index contributed by atoms with van der Waals surface area (Å²) < 4.78 is 7.81. The topological polar surface area (TPSA) is 13.7 Å². The van der Waals surface area contributed by atoms with Gasteiger partial charge < -0.3 is 9.64 Å². The molecule has 3 aromatic rings. The van der Waals surface area contributed by atoms with Gasteiger partial charge >= 0.3 is 0 Å². The summed E-state index contributed by atoms with van der Waals surface area (Å²) in [5, 5.41) is 0. The Morgan fingerprint density at radius 2 is 1.78 bits per heavy atom. The fraction of sp³-hybridized carbons (Fsp3) is 0.217. The van der Waals surface area contributed by atoms with E-state index in [1.807, 2.05) is 11.8 Å². The van der Waals surface area contributed by atoms with E-state index < -0.39 is 0 Å². The average Bonchev–Trinajstić information content (AvgIpc) is 2.80. The van der Waals surface area contributed by atoms with Crippen LogP contribution in [0.15, 0.2) is 76.1 Å². The molecular weight excluding hydrogens is 418 g/mol. The zero-order valence-corrected chi connectivity index (χ0v) is 17.9. The maximum absolute atomic E-state index is 6.73. The molecule has 1 N–H and O–H groups in total. The fourth-order valence-corrected chi connectivity index (χ4v) is 4.95. The quantitative estimate of drug-likeness (QED) is 0.621. The van der Waals surface area contributed by atoms with E-state index in [9.17, 15) is 0 Å². The molecule has 1 aliphatic rings. The third kappa shape index (κ3) is 4.08. The summed E-state index contributed by atoms with van der Waals surface area (Å²) in [6.45, 7) is 0.935. The van der Waals surface area contributed by atoms with Gasteiger partial charge in [-0.15, -0.1) is 11.8 Å². The highest BCUT2D eigenvalue weighted by atomic mass is 79.9. The summed E-state index contributed by atoms with van der Waals surface area (Å²) in [7, 11) is 4.33. The van der Waals surface area contributed by atoms with Crippen molar-refractivity contribution in [1.82, 2.24) is 0 Å². The van der Waals surface area contributed by atoms with Gasteiger partial charge in [0.2, 0.25) is 0 Å². The molecule has 0 fully saturated rings. The highest BCUT2D eigenvalue weighted by molar-refractivity contribution is 9.10. The molecule has 0 spiro atoms. The van der Waals surface area contributed by atoms with E-state index in [2.05, 4.69) is 96.8 Å². The van der Waals surface area contributed by atoms with Gasteiger partial charge in [0.1, 0.15) is 12.3 Å². The van der Waals surface area contributed by atoms with Crippen LogP contribution in [-0.4, -0.2) is 14.1 Å². The first-order valence-corrected chi connectivity index (χ1v) is 10.9. The summed E-state index contributed by atoms with van der Waals surface area (Å²) >= 11 is 5.53. The lowest BCUT2D eigenvalue weighted by Crippen LogP contribution is -3.04. The molecule has 0 aliphatic carbocycles. The number of ether oxygens (including phenoxy) is 1. The maximum Gasteiger partial charge on any atom is 0.150 e. The number of thioether (sulfide) groups is 1. The van der Waals surface area contributed by atoms with Gasteiger partial charge in [0.25, 0.3) is 0 Å². The van der Waals surface area contributed by atoms with E-state index in [1.54, 1.807) is 0 Å². The largest absolute Gasteiger partial charge is 0.480 e. The molecule has 3 aromatic carbocycles. The summed E-state index contributed by atoms with van der Waals surface area (Å²) in [5.74, 6) is 1.94. The van der Waals surface area contributed by atoms with Crippen molar-refractivity contribution in [1.29, 1.82) is 0 Å². The molecule has 27 heavy (non-hydrogen) atoms. The van der Waals surface area contributed by atoms with Crippen LogP contribution in [0.1, 0.15) is 28.4 Å². The highest BCUT2D eigenvalue weighted by Crippen LogP contribution is 2.42. The molecule has 4 heteroatoms. The van der Waals surface area contributed by atoms with Crippen LogP contribution in [0.25, 0.3) is 0 Å². The third-order valence-corrected chi connectivity index (χ3v) is 6.37. The summed E-state index contributed by atoms with van der Waals surface area (Å²) in [6, 6.07) is 23.6. The molecule has 0 aromatic heterocycles. The zero-order chi connectivity index (χ0) is 18.8. The second kappa shape index (κ2) is 8.09. The lowest BCUT2D eigenvalue weighted by atomic mass is 9.97. The minimum absolute atomic E-state index is 0.109. The standard InChI is InChI=1S/C23H22BrNOS/c1-25(2)14-16-7-4-6-10-21(16)26-23-19-9-5-3-8-17(19)15-27-22-12-11-18(24)13-20(22)23/h3-13,23H,14-15H2,1-2H3/p+1/t23-/m0/s1. The number of quaternary nitrogens is 1. The fourth-order valence-electron chi connectivity index (χ4n) is 3.50. The number of nitrogens with one attached hydrogen (secondary N) is 1. The van der Waals surface area contributed by atoms with Crippen molar-refractivity contribution in [3.05, 3.63) is 93.5 Å². The van der Waals surface area contributed by atoms with Crippen molar-refractivity contribution in [2.75, 3.05) is 14.1 Å².